The van der Waals surface area contributed by atoms with E-state index < -0.39 is 6.03 Å². The summed E-state index contributed by atoms with van der Waals surface area (Å²) in [5.41, 5.74) is 9.75. The van der Waals surface area contributed by atoms with Gasteiger partial charge in [-0.2, -0.15) is 5.10 Å². The third-order valence-electron chi connectivity index (χ3n) is 3.17. The minimum Gasteiger partial charge on any atom is -0.350 e. The maximum Gasteiger partial charge on any atom is 0.332 e. The van der Waals surface area contributed by atoms with Crippen LogP contribution in [-0.2, 0) is 0 Å². The highest BCUT2D eigenvalue weighted by Crippen LogP contribution is 2.56. The molecule has 4 nitrogen and oxygen atoms in total. The molecule has 2 fully saturated rings. The van der Waals surface area contributed by atoms with Crippen molar-refractivity contribution in [3.63, 3.8) is 0 Å². The third kappa shape index (κ3) is 1.41. The maximum atomic E-state index is 10.5. The number of carbonyl (C=O) groups excluding carboxylic acids is 1. The van der Waals surface area contributed by atoms with Crippen molar-refractivity contribution in [2.24, 2.45) is 16.3 Å². The van der Waals surface area contributed by atoms with Gasteiger partial charge >= 0.3 is 6.03 Å². The predicted octanol–water partition coefficient (Wildman–Crippen LogP) is 1.53. The topological polar surface area (TPSA) is 67.5 Å². The molecule has 2 aliphatic carbocycles. The summed E-state index contributed by atoms with van der Waals surface area (Å²) in [4.78, 5) is 10.5. The molecule has 0 aromatic carbocycles. The highest BCUT2D eigenvalue weighted by Gasteiger charge is 2.50. The summed E-state index contributed by atoms with van der Waals surface area (Å²) >= 11 is 0. The number of nitrogens with one attached hydrogen (secondary N) is 1. The van der Waals surface area contributed by atoms with Crippen LogP contribution < -0.4 is 11.2 Å². The van der Waals surface area contributed by atoms with Gasteiger partial charge in [0.15, 0.2) is 0 Å². The Morgan fingerprint density at radius 2 is 2.21 bits per heavy atom. The lowest BCUT2D eigenvalue weighted by molar-refractivity contribution is 0.249. The standard InChI is InChI=1S/C10H15N3O/c1-7-3-2-4-8(10(7)5-6-10)12-13-9(11)14/h1-6H2,(H3,11,13,14)/b12-8-. The number of nitrogens with zero attached hydrogens (tertiary/aromatic N) is 1. The Hall–Kier alpha value is -1.32. The Balaban J connectivity index is 2.14. The summed E-state index contributed by atoms with van der Waals surface area (Å²) in [6.45, 7) is 4.08. The van der Waals surface area contributed by atoms with E-state index in [1.54, 1.807) is 0 Å². The van der Waals surface area contributed by atoms with Crippen LogP contribution in [0.15, 0.2) is 17.3 Å². The number of hydrogen-bond acceptors (Lipinski definition) is 2. The number of primary amides is 1. The second-order valence-corrected chi connectivity index (χ2v) is 4.07. The van der Waals surface area contributed by atoms with Gasteiger partial charge in [-0.25, -0.2) is 10.2 Å². The summed E-state index contributed by atoms with van der Waals surface area (Å²) in [7, 11) is 0. The van der Waals surface area contributed by atoms with E-state index in [0.717, 1.165) is 37.8 Å². The molecule has 0 unspecified atom stereocenters. The minimum absolute atomic E-state index is 0.126. The lowest BCUT2D eigenvalue weighted by Crippen LogP contribution is -2.30. The molecule has 0 heterocycles. The zero-order chi connectivity index (χ0) is 10.2. The van der Waals surface area contributed by atoms with Gasteiger partial charge in [-0.3, -0.25) is 0 Å². The molecule has 0 atom stereocenters. The summed E-state index contributed by atoms with van der Waals surface area (Å²) in [6, 6.07) is -0.593. The molecule has 1 spiro atoms. The number of carbonyl (C=O) groups is 1. The summed E-state index contributed by atoms with van der Waals surface area (Å²) in [5, 5.41) is 4.08. The zero-order valence-electron chi connectivity index (χ0n) is 8.18. The Morgan fingerprint density at radius 3 is 2.79 bits per heavy atom. The first-order valence-corrected chi connectivity index (χ1v) is 4.96. The van der Waals surface area contributed by atoms with Crippen molar-refractivity contribution in [2.45, 2.75) is 32.1 Å². The molecule has 0 saturated heterocycles. The van der Waals surface area contributed by atoms with Crippen LogP contribution in [-0.4, -0.2) is 11.7 Å². The normalized spacial score (nSPS) is 26.6. The van der Waals surface area contributed by atoms with Gasteiger partial charge in [0.2, 0.25) is 0 Å². The Morgan fingerprint density at radius 1 is 1.50 bits per heavy atom. The van der Waals surface area contributed by atoms with Crippen molar-refractivity contribution in [3.8, 4) is 0 Å². The van der Waals surface area contributed by atoms with E-state index in [-0.39, 0.29) is 5.41 Å². The fourth-order valence-corrected chi connectivity index (χ4v) is 2.20. The average molecular weight is 193 g/mol. The van der Waals surface area contributed by atoms with E-state index in [9.17, 15) is 4.79 Å². The number of allylic oxidation sites excluding steroid dienone is 1. The molecule has 2 aliphatic rings. The molecule has 2 rings (SSSR count). The molecule has 0 aromatic heterocycles. The molecule has 0 bridgehead atoms. The van der Waals surface area contributed by atoms with Crippen molar-refractivity contribution < 1.29 is 4.79 Å². The highest BCUT2D eigenvalue weighted by atomic mass is 16.2. The van der Waals surface area contributed by atoms with Crippen LogP contribution in [0, 0.1) is 5.41 Å². The van der Waals surface area contributed by atoms with Crippen molar-refractivity contribution in [2.75, 3.05) is 0 Å². The van der Waals surface area contributed by atoms with Crippen LogP contribution in [0.3, 0.4) is 0 Å². The van der Waals surface area contributed by atoms with Crippen LogP contribution in [0.25, 0.3) is 0 Å². The molecule has 2 saturated carbocycles. The van der Waals surface area contributed by atoms with Crippen LogP contribution in [0.5, 0.6) is 0 Å². The summed E-state index contributed by atoms with van der Waals surface area (Å²) in [5.74, 6) is 0. The van der Waals surface area contributed by atoms with E-state index in [4.69, 9.17) is 5.73 Å². The number of nitrogens with two attached hydrogens (primary N) is 1. The van der Waals surface area contributed by atoms with Gasteiger partial charge < -0.3 is 5.73 Å². The summed E-state index contributed by atoms with van der Waals surface area (Å²) in [6.07, 6.45) is 5.39. The number of urea groups is 1. The smallest absolute Gasteiger partial charge is 0.332 e. The summed E-state index contributed by atoms with van der Waals surface area (Å²) < 4.78 is 0. The van der Waals surface area contributed by atoms with Crippen LogP contribution in [0.1, 0.15) is 32.1 Å². The van der Waals surface area contributed by atoms with Gasteiger partial charge in [0.25, 0.3) is 0 Å². The van der Waals surface area contributed by atoms with Gasteiger partial charge in [0.05, 0.1) is 0 Å². The maximum absolute atomic E-state index is 10.5. The molecular weight excluding hydrogens is 178 g/mol. The van der Waals surface area contributed by atoms with Gasteiger partial charge in [-0.1, -0.05) is 12.2 Å². The van der Waals surface area contributed by atoms with Gasteiger partial charge in [0.1, 0.15) is 0 Å². The molecule has 0 aromatic rings. The first-order valence-electron chi connectivity index (χ1n) is 4.96. The number of hydrazone groups is 1. The molecule has 0 radical (unpaired) electrons. The molecule has 76 valence electrons. The van der Waals surface area contributed by atoms with E-state index in [1.807, 2.05) is 0 Å². The highest BCUT2D eigenvalue weighted by molar-refractivity contribution is 5.96. The Bertz CT molecular complexity index is 315. The molecule has 4 heteroatoms. The minimum atomic E-state index is -0.593. The molecule has 0 aliphatic heterocycles. The monoisotopic (exact) mass is 193 g/mol. The van der Waals surface area contributed by atoms with Crippen molar-refractivity contribution in [1.29, 1.82) is 0 Å². The fraction of sp³-hybridized carbons (Fsp3) is 0.600. The second-order valence-electron chi connectivity index (χ2n) is 4.07. The van der Waals surface area contributed by atoms with Gasteiger partial charge in [-0.05, 0) is 32.1 Å². The number of hydrogen-bond donors (Lipinski definition) is 2. The Labute approximate surface area is 83.2 Å². The van der Waals surface area contributed by atoms with Gasteiger partial charge in [-0.15, -0.1) is 0 Å². The van der Waals surface area contributed by atoms with Crippen LogP contribution in [0.2, 0.25) is 0 Å². The Kier molecular flexibility index (Phi) is 2.06. The fourth-order valence-electron chi connectivity index (χ4n) is 2.20. The van der Waals surface area contributed by atoms with Crippen molar-refractivity contribution >= 4 is 11.7 Å². The molecular formula is C10H15N3O. The lowest BCUT2D eigenvalue weighted by Gasteiger charge is -2.25. The SMILES string of the molecule is C=C1CCC/C(=N/NC(N)=O)C12CC2. The van der Waals surface area contributed by atoms with E-state index >= 15 is 0 Å². The van der Waals surface area contributed by atoms with Crippen LogP contribution >= 0.6 is 0 Å². The van der Waals surface area contributed by atoms with Gasteiger partial charge in [0, 0.05) is 11.1 Å². The molecule has 2 amide bonds. The van der Waals surface area contributed by atoms with E-state index in [1.165, 1.54) is 5.57 Å². The predicted molar refractivity (Wildman–Crippen MR) is 54.8 cm³/mol. The van der Waals surface area contributed by atoms with Crippen molar-refractivity contribution in [3.05, 3.63) is 12.2 Å². The van der Waals surface area contributed by atoms with E-state index in [2.05, 4.69) is 17.1 Å². The second kappa shape index (κ2) is 3.12. The largest absolute Gasteiger partial charge is 0.350 e. The number of amides is 2. The van der Waals surface area contributed by atoms with Crippen LogP contribution in [0.4, 0.5) is 4.79 Å². The lowest BCUT2D eigenvalue weighted by atomic mass is 9.80. The van der Waals surface area contributed by atoms with E-state index in [0.29, 0.717) is 0 Å². The average Bonchev–Trinajstić information content (AvgIpc) is 2.89. The van der Waals surface area contributed by atoms with Crippen molar-refractivity contribution in [1.82, 2.24) is 5.43 Å². The zero-order valence-corrected chi connectivity index (χ0v) is 8.18. The molecule has 14 heavy (non-hydrogen) atoms. The number of rotatable bonds is 1. The third-order valence-corrected chi connectivity index (χ3v) is 3.17. The quantitative estimate of drug-likeness (QED) is 0.481. The first kappa shape index (κ1) is 9.24. The molecule has 3 N–H and O–H groups in total. The first-order chi connectivity index (χ1) is 6.65.